The Balaban J connectivity index is 1.52. The second-order valence-corrected chi connectivity index (χ2v) is 7.37. The molecule has 1 saturated heterocycles. The summed E-state index contributed by atoms with van der Waals surface area (Å²) in [5.74, 6) is 0.722. The summed E-state index contributed by atoms with van der Waals surface area (Å²) in [5, 5.41) is 35.2. The summed E-state index contributed by atoms with van der Waals surface area (Å²) >= 11 is 1.55. The first-order chi connectivity index (χ1) is 13.7. The normalized spacial score (nSPS) is 25.1. The minimum absolute atomic E-state index is 0.391. The van der Waals surface area contributed by atoms with Gasteiger partial charge in [0.25, 0.3) is 0 Å². The Morgan fingerprint density at radius 1 is 1.14 bits per heavy atom. The highest BCUT2D eigenvalue weighted by Crippen LogP contribution is 2.32. The molecule has 3 heterocycles. The maximum Gasteiger partial charge on any atom is 0.181 e. The molecule has 0 bridgehead atoms. The molecule has 0 amide bonds. The second kappa shape index (κ2) is 8.38. The fraction of sp³-hybridized carbons (Fsp3) is 0.316. The molecule has 0 radical (unpaired) electrons. The Morgan fingerprint density at radius 2 is 1.96 bits per heavy atom. The van der Waals surface area contributed by atoms with Crippen molar-refractivity contribution < 1.29 is 20.1 Å². The molecule has 1 fully saturated rings. The van der Waals surface area contributed by atoms with E-state index in [1.54, 1.807) is 18.0 Å². The summed E-state index contributed by atoms with van der Waals surface area (Å²) < 4.78 is 6.97. The molecule has 4 atom stereocenters. The van der Waals surface area contributed by atoms with Crippen molar-refractivity contribution in [1.82, 2.24) is 19.7 Å². The number of thioether (sulfide) groups is 1. The number of rotatable bonds is 6. The van der Waals surface area contributed by atoms with E-state index in [9.17, 15) is 15.3 Å². The van der Waals surface area contributed by atoms with Gasteiger partial charge in [-0.15, -0.1) is 11.8 Å². The van der Waals surface area contributed by atoms with Gasteiger partial charge in [-0.3, -0.25) is 0 Å². The van der Waals surface area contributed by atoms with Crippen molar-refractivity contribution in [3.63, 3.8) is 0 Å². The van der Waals surface area contributed by atoms with Crippen molar-refractivity contribution in [3.05, 3.63) is 54.5 Å². The van der Waals surface area contributed by atoms with Crippen LogP contribution in [0.1, 0.15) is 11.8 Å². The number of benzene rings is 1. The third-order valence-electron chi connectivity index (χ3n) is 4.54. The van der Waals surface area contributed by atoms with Gasteiger partial charge in [0.05, 0.1) is 18.2 Å². The first-order valence-electron chi connectivity index (χ1n) is 8.84. The van der Waals surface area contributed by atoms with E-state index in [0.29, 0.717) is 5.65 Å². The van der Waals surface area contributed by atoms with E-state index in [2.05, 4.69) is 21.1 Å². The van der Waals surface area contributed by atoms with Crippen LogP contribution in [0.4, 0.5) is 0 Å². The first kappa shape index (κ1) is 19.0. The lowest BCUT2D eigenvalue weighted by Gasteiger charge is -2.15. The fourth-order valence-electron chi connectivity index (χ4n) is 3.10. The lowest BCUT2D eigenvalue weighted by Crippen LogP contribution is -2.33. The molecule has 9 heteroatoms. The highest BCUT2D eigenvalue weighted by molar-refractivity contribution is 7.99. The maximum atomic E-state index is 10.2. The molecule has 146 valence electrons. The average molecular weight is 400 g/mol. The summed E-state index contributed by atoms with van der Waals surface area (Å²) in [6.07, 6.45) is 2.98. The molecule has 3 N–H and O–H groups in total. The topological polar surface area (TPSA) is 114 Å². The van der Waals surface area contributed by atoms with E-state index in [-0.39, 0.29) is 0 Å². The van der Waals surface area contributed by atoms with Crippen LogP contribution in [-0.2, 0) is 4.74 Å². The first-order valence-corrected chi connectivity index (χ1v) is 9.82. The van der Waals surface area contributed by atoms with Gasteiger partial charge in [-0.05, 0) is 5.56 Å². The molecule has 0 spiro atoms. The largest absolute Gasteiger partial charge is 0.394 e. The van der Waals surface area contributed by atoms with Crippen LogP contribution < -0.4 is 0 Å². The Labute approximate surface area is 165 Å². The lowest BCUT2D eigenvalue weighted by molar-refractivity contribution is -0.0566. The monoisotopic (exact) mass is 400 g/mol. The summed E-state index contributed by atoms with van der Waals surface area (Å²) in [6.45, 7) is -0.391. The third kappa shape index (κ3) is 3.67. The fourth-order valence-corrected chi connectivity index (χ4v) is 3.87. The number of aliphatic hydroxyl groups excluding tert-OH is 3. The number of hydrogen-bond donors (Lipinski definition) is 3. The van der Waals surface area contributed by atoms with Gasteiger partial charge in [0.1, 0.15) is 29.7 Å². The van der Waals surface area contributed by atoms with Gasteiger partial charge >= 0.3 is 0 Å². The van der Waals surface area contributed by atoms with Crippen molar-refractivity contribution in [3.8, 4) is 0 Å². The lowest BCUT2D eigenvalue weighted by atomic mass is 10.1. The van der Waals surface area contributed by atoms with Crippen LogP contribution in [0, 0.1) is 0 Å². The van der Waals surface area contributed by atoms with Gasteiger partial charge < -0.3 is 20.1 Å². The van der Waals surface area contributed by atoms with Gasteiger partial charge in [0.15, 0.2) is 11.9 Å². The zero-order valence-electron chi connectivity index (χ0n) is 14.9. The number of nitrogens with zero attached hydrogens (tertiary/aromatic N) is 4. The molecule has 4 rings (SSSR count). The zero-order chi connectivity index (χ0) is 19.5. The van der Waals surface area contributed by atoms with Crippen molar-refractivity contribution in [2.45, 2.75) is 29.6 Å². The Hall–Kier alpha value is -2.30. The number of ether oxygens (including phenoxy) is 1. The van der Waals surface area contributed by atoms with E-state index in [1.807, 2.05) is 36.4 Å². The van der Waals surface area contributed by atoms with Crippen LogP contribution in [0.2, 0.25) is 0 Å². The molecular weight excluding hydrogens is 380 g/mol. The molecule has 28 heavy (non-hydrogen) atoms. The van der Waals surface area contributed by atoms with Crippen molar-refractivity contribution in [1.29, 1.82) is 0 Å². The smallest absolute Gasteiger partial charge is 0.181 e. The Kier molecular flexibility index (Phi) is 5.69. The molecule has 1 unspecified atom stereocenters. The van der Waals surface area contributed by atoms with Crippen LogP contribution in [0.25, 0.3) is 17.1 Å². The molecular formula is C19H20N4O4S. The van der Waals surface area contributed by atoms with E-state index in [4.69, 9.17) is 4.74 Å². The number of fused-ring (bicyclic) bond motifs is 1. The minimum atomic E-state index is -1.21. The van der Waals surface area contributed by atoms with E-state index >= 15 is 0 Å². The van der Waals surface area contributed by atoms with E-state index in [1.165, 1.54) is 11.0 Å². The quantitative estimate of drug-likeness (QED) is 0.418. The number of aromatic nitrogens is 4. The predicted octanol–water partition coefficient (Wildman–Crippen LogP) is 1.24. The molecule has 1 aliphatic heterocycles. The molecule has 0 saturated carbocycles. The summed E-state index contributed by atoms with van der Waals surface area (Å²) in [5.41, 5.74) is 1.63. The minimum Gasteiger partial charge on any atom is -0.394 e. The van der Waals surface area contributed by atoms with E-state index < -0.39 is 31.1 Å². The van der Waals surface area contributed by atoms with Gasteiger partial charge in [0.2, 0.25) is 0 Å². The van der Waals surface area contributed by atoms with Crippen molar-refractivity contribution in [2.75, 3.05) is 12.4 Å². The summed E-state index contributed by atoms with van der Waals surface area (Å²) in [7, 11) is 0. The van der Waals surface area contributed by atoms with Gasteiger partial charge in [-0.25, -0.2) is 14.6 Å². The molecule has 2 aromatic heterocycles. The summed E-state index contributed by atoms with van der Waals surface area (Å²) in [4.78, 5) is 8.58. The highest BCUT2D eigenvalue weighted by atomic mass is 32.2. The van der Waals surface area contributed by atoms with Crippen molar-refractivity contribution in [2.24, 2.45) is 0 Å². The van der Waals surface area contributed by atoms with Gasteiger partial charge in [-0.1, -0.05) is 42.5 Å². The van der Waals surface area contributed by atoms with Crippen LogP contribution in [0.3, 0.4) is 0 Å². The SMILES string of the molecule is OC[C@H]1OC(n2ncc3c(SC/C=C/c4ccccc4)ncnc32)[C@H](O)[C@@H]1O. The van der Waals surface area contributed by atoms with Crippen LogP contribution in [0.5, 0.6) is 0 Å². The van der Waals surface area contributed by atoms with Crippen molar-refractivity contribution >= 4 is 28.9 Å². The third-order valence-corrected chi connectivity index (χ3v) is 5.50. The Bertz CT molecular complexity index is 965. The molecule has 1 aromatic carbocycles. The molecule has 1 aliphatic rings. The summed E-state index contributed by atoms with van der Waals surface area (Å²) in [6, 6.07) is 10.0. The van der Waals surface area contributed by atoms with Crippen LogP contribution >= 0.6 is 11.8 Å². The molecule has 8 nitrogen and oxygen atoms in total. The van der Waals surface area contributed by atoms with Crippen LogP contribution in [0.15, 0.2) is 54.0 Å². The van der Waals surface area contributed by atoms with Gasteiger partial charge in [0, 0.05) is 5.75 Å². The highest BCUT2D eigenvalue weighted by Gasteiger charge is 2.44. The predicted molar refractivity (Wildman–Crippen MR) is 105 cm³/mol. The zero-order valence-corrected chi connectivity index (χ0v) is 15.7. The molecule has 3 aromatic rings. The standard InChI is InChI=1S/C19H20N4O4S/c24-10-14-15(25)16(26)19(27-14)23-17-13(9-22-23)18(21-11-20-17)28-8-4-7-12-5-2-1-3-6-12/h1-7,9,11,14-16,19,24-26H,8,10H2/b7-4+/t14-,15-,16-,19?/m1/s1. The number of hydrogen-bond acceptors (Lipinski definition) is 8. The van der Waals surface area contributed by atoms with E-state index in [0.717, 1.165) is 21.7 Å². The average Bonchev–Trinajstić information content (AvgIpc) is 3.28. The molecule has 0 aliphatic carbocycles. The second-order valence-electron chi connectivity index (χ2n) is 6.36. The number of aliphatic hydroxyl groups is 3. The van der Waals surface area contributed by atoms with Crippen LogP contribution in [-0.4, -0.2) is 65.7 Å². The maximum absolute atomic E-state index is 10.2. The Morgan fingerprint density at radius 3 is 2.71 bits per heavy atom. The van der Waals surface area contributed by atoms with Gasteiger partial charge in [-0.2, -0.15) is 5.10 Å².